The standard InChI is InChI=1S/C13H25N3O3/c1-13(10-14-11-13)19-9-12(17)15-3-2-4-16-5-7-18-8-6-16/h14H,2-11H2,1H3,(H,15,17). The monoisotopic (exact) mass is 271 g/mol. The maximum atomic E-state index is 11.6. The fraction of sp³-hybridized carbons (Fsp3) is 0.923. The Kier molecular flexibility index (Phi) is 5.57. The predicted octanol–water partition coefficient (Wildman–Crippen LogP) is -0.797. The minimum atomic E-state index is -0.148. The van der Waals surface area contributed by atoms with Crippen LogP contribution in [0.3, 0.4) is 0 Å². The van der Waals surface area contributed by atoms with E-state index in [1.165, 1.54) is 0 Å². The molecule has 0 spiro atoms. The molecule has 0 saturated carbocycles. The molecule has 0 unspecified atom stereocenters. The van der Waals surface area contributed by atoms with Gasteiger partial charge >= 0.3 is 0 Å². The molecule has 0 bridgehead atoms. The Morgan fingerprint density at radius 1 is 1.42 bits per heavy atom. The van der Waals surface area contributed by atoms with Crippen LogP contribution in [0.15, 0.2) is 0 Å². The molecule has 2 fully saturated rings. The zero-order chi connectivity index (χ0) is 13.6. The molecule has 0 atom stereocenters. The Labute approximate surface area is 114 Å². The van der Waals surface area contributed by atoms with Crippen molar-refractivity contribution in [3.8, 4) is 0 Å². The highest BCUT2D eigenvalue weighted by atomic mass is 16.5. The Morgan fingerprint density at radius 2 is 2.16 bits per heavy atom. The molecule has 0 radical (unpaired) electrons. The van der Waals surface area contributed by atoms with Crippen LogP contribution < -0.4 is 10.6 Å². The summed E-state index contributed by atoms with van der Waals surface area (Å²) in [6.45, 7) is 9.24. The van der Waals surface area contributed by atoms with Gasteiger partial charge in [-0.2, -0.15) is 0 Å². The minimum Gasteiger partial charge on any atom is -0.379 e. The van der Waals surface area contributed by atoms with E-state index in [4.69, 9.17) is 9.47 Å². The van der Waals surface area contributed by atoms with Gasteiger partial charge in [-0.3, -0.25) is 9.69 Å². The van der Waals surface area contributed by atoms with E-state index in [0.29, 0.717) is 6.54 Å². The predicted molar refractivity (Wildman–Crippen MR) is 72.1 cm³/mol. The summed E-state index contributed by atoms with van der Waals surface area (Å²) < 4.78 is 10.9. The molecule has 6 heteroatoms. The van der Waals surface area contributed by atoms with Gasteiger partial charge in [0.25, 0.3) is 0 Å². The van der Waals surface area contributed by atoms with Gasteiger partial charge in [0.15, 0.2) is 0 Å². The normalized spacial score (nSPS) is 22.8. The van der Waals surface area contributed by atoms with Gasteiger partial charge in [-0.1, -0.05) is 0 Å². The number of hydrogen-bond donors (Lipinski definition) is 2. The van der Waals surface area contributed by atoms with Gasteiger partial charge in [-0.25, -0.2) is 0 Å². The number of amides is 1. The van der Waals surface area contributed by atoms with Crippen molar-refractivity contribution in [2.75, 3.05) is 59.1 Å². The van der Waals surface area contributed by atoms with E-state index in [-0.39, 0.29) is 18.1 Å². The van der Waals surface area contributed by atoms with E-state index in [1.54, 1.807) is 0 Å². The lowest BCUT2D eigenvalue weighted by Gasteiger charge is -2.38. The third kappa shape index (κ3) is 5.06. The highest BCUT2D eigenvalue weighted by molar-refractivity contribution is 5.77. The summed E-state index contributed by atoms with van der Waals surface area (Å²) in [6, 6.07) is 0. The molecule has 2 heterocycles. The molecular formula is C13H25N3O3. The topological polar surface area (TPSA) is 62.8 Å². The summed E-state index contributed by atoms with van der Waals surface area (Å²) in [7, 11) is 0. The number of carbonyl (C=O) groups is 1. The lowest BCUT2D eigenvalue weighted by Crippen LogP contribution is -2.59. The third-order valence-corrected chi connectivity index (χ3v) is 3.63. The smallest absolute Gasteiger partial charge is 0.246 e. The first-order valence-corrected chi connectivity index (χ1v) is 7.09. The zero-order valence-corrected chi connectivity index (χ0v) is 11.7. The molecule has 0 aliphatic carbocycles. The largest absolute Gasteiger partial charge is 0.379 e. The summed E-state index contributed by atoms with van der Waals surface area (Å²) in [6.07, 6.45) is 0.977. The van der Waals surface area contributed by atoms with E-state index in [0.717, 1.165) is 52.4 Å². The first-order chi connectivity index (χ1) is 9.18. The van der Waals surface area contributed by atoms with Crippen LogP contribution in [-0.4, -0.2) is 75.5 Å². The van der Waals surface area contributed by atoms with Gasteiger partial charge in [0, 0.05) is 32.7 Å². The Balaban J connectivity index is 1.47. The second-order valence-corrected chi connectivity index (χ2v) is 5.50. The van der Waals surface area contributed by atoms with Crippen molar-refractivity contribution in [2.24, 2.45) is 0 Å². The van der Waals surface area contributed by atoms with Crippen molar-refractivity contribution in [3.63, 3.8) is 0 Å². The lowest BCUT2D eigenvalue weighted by atomic mass is 10.0. The molecule has 2 saturated heterocycles. The van der Waals surface area contributed by atoms with Gasteiger partial charge < -0.3 is 20.1 Å². The van der Waals surface area contributed by atoms with Crippen LogP contribution in [0.1, 0.15) is 13.3 Å². The number of ether oxygens (including phenoxy) is 2. The number of rotatable bonds is 7. The van der Waals surface area contributed by atoms with E-state index >= 15 is 0 Å². The third-order valence-electron chi connectivity index (χ3n) is 3.63. The highest BCUT2D eigenvalue weighted by Crippen LogP contribution is 2.14. The van der Waals surface area contributed by atoms with Crippen LogP contribution in [0, 0.1) is 0 Å². The maximum absolute atomic E-state index is 11.6. The Bertz CT molecular complexity index is 289. The molecule has 2 aliphatic rings. The van der Waals surface area contributed by atoms with Crippen LogP contribution in [0.5, 0.6) is 0 Å². The second-order valence-electron chi connectivity index (χ2n) is 5.50. The first-order valence-electron chi connectivity index (χ1n) is 7.09. The summed E-state index contributed by atoms with van der Waals surface area (Å²) in [4.78, 5) is 14.0. The van der Waals surface area contributed by atoms with Crippen molar-refractivity contribution in [2.45, 2.75) is 18.9 Å². The average molecular weight is 271 g/mol. The van der Waals surface area contributed by atoms with Crippen LogP contribution in [0.25, 0.3) is 0 Å². The van der Waals surface area contributed by atoms with Crippen LogP contribution >= 0.6 is 0 Å². The van der Waals surface area contributed by atoms with Crippen molar-refractivity contribution in [3.05, 3.63) is 0 Å². The lowest BCUT2D eigenvalue weighted by molar-refractivity contribution is -0.135. The molecule has 0 aromatic heterocycles. The van der Waals surface area contributed by atoms with Crippen LogP contribution in [-0.2, 0) is 14.3 Å². The highest BCUT2D eigenvalue weighted by Gasteiger charge is 2.32. The number of hydrogen-bond acceptors (Lipinski definition) is 5. The van der Waals surface area contributed by atoms with Crippen LogP contribution in [0.4, 0.5) is 0 Å². The van der Waals surface area contributed by atoms with Gasteiger partial charge in [0.1, 0.15) is 6.61 Å². The van der Waals surface area contributed by atoms with Gasteiger partial charge in [0.2, 0.25) is 5.91 Å². The maximum Gasteiger partial charge on any atom is 0.246 e. The van der Waals surface area contributed by atoms with Crippen LogP contribution in [0.2, 0.25) is 0 Å². The molecule has 2 rings (SSSR count). The average Bonchev–Trinajstić information content (AvgIpc) is 2.40. The second kappa shape index (κ2) is 7.19. The minimum absolute atomic E-state index is 0.0184. The quantitative estimate of drug-likeness (QED) is 0.594. The van der Waals surface area contributed by atoms with E-state index in [1.807, 2.05) is 6.92 Å². The van der Waals surface area contributed by atoms with Crippen molar-refractivity contribution >= 4 is 5.91 Å². The molecule has 0 aromatic carbocycles. The summed E-state index contributed by atoms with van der Waals surface area (Å²) in [5.74, 6) is -0.0184. The number of nitrogens with one attached hydrogen (secondary N) is 2. The number of carbonyl (C=O) groups excluding carboxylic acids is 1. The van der Waals surface area contributed by atoms with Crippen molar-refractivity contribution in [1.82, 2.24) is 15.5 Å². The van der Waals surface area contributed by atoms with Gasteiger partial charge in [-0.15, -0.1) is 0 Å². The number of morpholine rings is 1. The van der Waals surface area contributed by atoms with E-state index in [2.05, 4.69) is 15.5 Å². The fourth-order valence-corrected chi connectivity index (χ4v) is 2.23. The molecule has 19 heavy (non-hydrogen) atoms. The van der Waals surface area contributed by atoms with E-state index in [9.17, 15) is 4.79 Å². The number of nitrogens with zero attached hydrogens (tertiary/aromatic N) is 1. The van der Waals surface area contributed by atoms with Gasteiger partial charge in [-0.05, 0) is 19.9 Å². The molecule has 2 aliphatic heterocycles. The molecule has 1 amide bonds. The zero-order valence-electron chi connectivity index (χ0n) is 11.7. The van der Waals surface area contributed by atoms with Crippen molar-refractivity contribution < 1.29 is 14.3 Å². The molecule has 2 N–H and O–H groups in total. The van der Waals surface area contributed by atoms with Gasteiger partial charge in [0.05, 0.1) is 18.8 Å². The summed E-state index contributed by atoms with van der Waals surface area (Å²) in [5.41, 5.74) is -0.148. The Morgan fingerprint density at radius 3 is 2.79 bits per heavy atom. The Hall–Kier alpha value is -0.690. The molecular weight excluding hydrogens is 246 g/mol. The molecule has 0 aromatic rings. The molecule has 6 nitrogen and oxygen atoms in total. The fourth-order valence-electron chi connectivity index (χ4n) is 2.23. The first kappa shape index (κ1) is 14.7. The van der Waals surface area contributed by atoms with Crippen molar-refractivity contribution in [1.29, 1.82) is 0 Å². The SMILES string of the molecule is CC1(OCC(=O)NCCCN2CCOCC2)CNC1. The molecule has 110 valence electrons. The summed E-state index contributed by atoms with van der Waals surface area (Å²) >= 11 is 0. The summed E-state index contributed by atoms with van der Waals surface area (Å²) in [5, 5.41) is 6.04. The van der Waals surface area contributed by atoms with E-state index < -0.39 is 0 Å².